The van der Waals surface area contributed by atoms with E-state index in [9.17, 15) is 4.79 Å². The summed E-state index contributed by atoms with van der Waals surface area (Å²) < 4.78 is 6.17. The molecule has 1 N–H and O–H groups in total. The number of benzene rings is 2. The van der Waals surface area contributed by atoms with Gasteiger partial charge in [0.05, 0.1) is 18.0 Å². The van der Waals surface area contributed by atoms with Crippen molar-refractivity contribution in [1.29, 1.82) is 0 Å². The van der Waals surface area contributed by atoms with Gasteiger partial charge in [0.15, 0.2) is 0 Å². The first-order valence-electron chi connectivity index (χ1n) is 11.5. The maximum Gasteiger partial charge on any atom is 0.321 e. The Hall–Kier alpha value is -3.60. The summed E-state index contributed by atoms with van der Waals surface area (Å²) in [5, 5.41) is 2.93. The molecule has 4 rings (SSSR count). The molecule has 1 aromatic heterocycles. The molecular formula is C28H31N3O2. The van der Waals surface area contributed by atoms with Gasteiger partial charge in [-0.1, -0.05) is 54.1 Å². The van der Waals surface area contributed by atoms with E-state index in [0.717, 1.165) is 42.0 Å². The summed E-state index contributed by atoms with van der Waals surface area (Å²) >= 11 is 0. The van der Waals surface area contributed by atoms with Crippen LogP contribution < -0.4 is 10.1 Å². The van der Waals surface area contributed by atoms with Gasteiger partial charge in [-0.05, 0) is 62.1 Å². The van der Waals surface area contributed by atoms with Crippen LogP contribution in [0.2, 0.25) is 0 Å². The predicted molar refractivity (Wildman–Crippen MR) is 133 cm³/mol. The van der Waals surface area contributed by atoms with Crippen LogP contribution in [0.25, 0.3) is 6.08 Å². The molecular weight excluding hydrogens is 410 g/mol. The number of rotatable bonds is 6. The zero-order valence-corrected chi connectivity index (χ0v) is 19.3. The standard InChI is InChI=1S/C28H31N3O2/c1-21-11-12-26(20-29-21)30-28(32)31-15-13-24(14-16-31)18-25-9-6-10-27(19-25)33-22(2)17-23-7-4-3-5-8-23/h3-12,18-20,22H,13-17H2,1-2H3,(H,30,32). The highest BCUT2D eigenvalue weighted by Gasteiger charge is 2.19. The van der Waals surface area contributed by atoms with E-state index in [1.807, 2.05) is 42.2 Å². The number of nitrogens with zero attached hydrogens (tertiary/aromatic N) is 2. The molecule has 0 spiro atoms. The van der Waals surface area contributed by atoms with Gasteiger partial charge in [-0.2, -0.15) is 0 Å². The number of likely N-dealkylation sites (tertiary alicyclic amines) is 1. The van der Waals surface area contributed by atoms with Gasteiger partial charge in [-0.15, -0.1) is 0 Å². The average Bonchev–Trinajstić information content (AvgIpc) is 2.82. The van der Waals surface area contributed by atoms with E-state index in [-0.39, 0.29) is 12.1 Å². The van der Waals surface area contributed by atoms with Crippen molar-refractivity contribution in [3.63, 3.8) is 0 Å². The number of carbonyl (C=O) groups is 1. The van der Waals surface area contributed by atoms with Crippen LogP contribution in [-0.2, 0) is 6.42 Å². The Morgan fingerprint density at radius 1 is 1.09 bits per heavy atom. The molecule has 33 heavy (non-hydrogen) atoms. The van der Waals surface area contributed by atoms with E-state index in [1.165, 1.54) is 11.1 Å². The highest BCUT2D eigenvalue weighted by Crippen LogP contribution is 2.23. The Kier molecular flexibility index (Phi) is 7.40. The molecule has 1 aliphatic heterocycles. The van der Waals surface area contributed by atoms with Crippen LogP contribution in [-0.4, -0.2) is 35.1 Å². The second-order valence-electron chi connectivity index (χ2n) is 8.60. The van der Waals surface area contributed by atoms with Crippen molar-refractivity contribution in [3.05, 3.63) is 95.3 Å². The van der Waals surface area contributed by atoms with Crippen molar-refractivity contribution in [2.24, 2.45) is 0 Å². The summed E-state index contributed by atoms with van der Waals surface area (Å²) in [6.07, 6.45) is 6.64. The molecule has 0 saturated carbocycles. The van der Waals surface area contributed by atoms with Crippen LogP contribution in [0.3, 0.4) is 0 Å². The Balaban J connectivity index is 1.30. The molecule has 1 unspecified atom stereocenters. The summed E-state index contributed by atoms with van der Waals surface area (Å²) in [5.74, 6) is 0.885. The van der Waals surface area contributed by atoms with E-state index in [4.69, 9.17) is 4.74 Å². The maximum absolute atomic E-state index is 12.5. The monoisotopic (exact) mass is 441 g/mol. The number of ether oxygens (including phenoxy) is 1. The lowest BCUT2D eigenvalue weighted by Crippen LogP contribution is -2.39. The van der Waals surface area contributed by atoms with Gasteiger partial charge in [-0.3, -0.25) is 4.98 Å². The number of anilines is 1. The van der Waals surface area contributed by atoms with E-state index in [1.54, 1.807) is 6.20 Å². The SMILES string of the molecule is Cc1ccc(NC(=O)N2CCC(=Cc3cccc(OC(C)Cc4ccccc4)c3)CC2)cn1. The Morgan fingerprint density at radius 3 is 2.61 bits per heavy atom. The number of aryl methyl sites for hydroxylation is 1. The summed E-state index contributed by atoms with van der Waals surface area (Å²) in [6, 6.07) is 22.4. The van der Waals surface area contributed by atoms with E-state index in [2.05, 4.69) is 59.7 Å². The lowest BCUT2D eigenvalue weighted by Gasteiger charge is -2.28. The van der Waals surface area contributed by atoms with Crippen LogP contribution in [0.1, 0.15) is 36.6 Å². The molecule has 1 fully saturated rings. The normalized spacial score (nSPS) is 14.5. The zero-order chi connectivity index (χ0) is 23.0. The molecule has 3 aromatic rings. The molecule has 2 heterocycles. The number of piperidine rings is 1. The minimum atomic E-state index is -0.0671. The Labute approximate surface area is 196 Å². The second-order valence-corrected chi connectivity index (χ2v) is 8.60. The first kappa shape index (κ1) is 22.6. The van der Waals surface area contributed by atoms with Crippen molar-refractivity contribution in [2.45, 2.75) is 39.2 Å². The number of aromatic nitrogens is 1. The highest BCUT2D eigenvalue weighted by molar-refractivity contribution is 5.89. The third-order valence-corrected chi connectivity index (χ3v) is 5.79. The third kappa shape index (κ3) is 6.69. The highest BCUT2D eigenvalue weighted by atomic mass is 16.5. The van der Waals surface area contributed by atoms with E-state index in [0.29, 0.717) is 13.1 Å². The molecule has 0 aliphatic carbocycles. The molecule has 2 amide bonds. The summed E-state index contributed by atoms with van der Waals surface area (Å²) in [5.41, 5.74) is 5.42. The van der Waals surface area contributed by atoms with E-state index >= 15 is 0 Å². The largest absolute Gasteiger partial charge is 0.490 e. The second kappa shape index (κ2) is 10.8. The van der Waals surface area contributed by atoms with Crippen LogP contribution >= 0.6 is 0 Å². The Bertz CT molecular complexity index is 1080. The summed E-state index contributed by atoms with van der Waals surface area (Å²) in [7, 11) is 0. The van der Waals surface area contributed by atoms with Crippen molar-refractivity contribution < 1.29 is 9.53 Å². The average molecular weight is 442 g/mol. The van der Waals surface area contributed by atoms with Crippen molar-refractivity contribution in [1.82, 2.24) is 9.88 Å². The number of hydrogen-bond donors (Lipinski definition) is 1. The maximum atomic E-state index is 12.5. The van der Waals surface area contributed by atoms with Gasteiger partial charge in [-0.25, -0.2) is 4.79 Å². The molecule has 5 heteroatoms. The van der Waals surface area contributed by atoms with Crippen molar-refractivity contribution >= 4 is 17.8 Å². The fourth-order valence-corrected chi connectivity index (χ4v) is 4.02. The minimum absolute atomic E-state index is 0.0671. The third-order valence-electron chi connectivity index (χ3n) is 5.79. The van der Waals surface area contributed by atoms with Crippen molar-refractivity contribution in [3.8, 4) is 5.75 Å². The number of nitrogens with one attached hydrogen (secondary N) is 1. The predicted octanol–water partition coefficient (Wildman–Crippen LogP) is 6.11. The smallest absolute Gasteiger partial charge is 0.321 e. The fraction of sp³-hybridized carbons (Fsp3) is 0.286. The lowest BCUT2D eigenvalue weighted by atomic mass is 10.0. The van der Waals surface area contributed by atoms with Gasteiger partial charge < -0.3 is 15.0 Å². The van der Waals surface area contributed by atoms with Crippen LogP contribution in [0.5, 0.6) is 5.75 Å². The molecule has 170 valence electrons. The molecule has 2 aromatic carbocycles. The summed E-state index contributed by atoms with van der Waals surface area (Å²) in [6.45, 7) is 5.45. The number of urea groups is 1. The van der Waals surface area contributed by atoms with Crippen LogP contribution in [0.4, 0.5) is 10.5 Å². The van der Waals surface area contributed by atoms with Gasteiger partial charge in [0, 0.05) is 25.2 Å². The number of amides is 2. The number of hydrogen-bond acceptors (Lipinski definition) is 3. The molecule has 1 aliphatic rings. The number of pyridine rings is 1. The van der Waals surface area contributed by atoms with Gasteiger partial charge in [0.2, 0.25) is 0 Å². The lowest BCUT2D eigenvalue weighted by molar-refractivity contribution is 0.208. The fourth-order valence-electron chi connectivity index (χ4n) is 4.02. The minimum Gasteiger partial charge on any atom is -0.490 e. The molecule has 5 nitrogen and oxygen atoms in total. The first-order valence-corrected chi connectivity index (χ1v) is 11.5. The van der Waals surface area contributed by atoms with Crippen LogP contribution in [0, 0.1) is 6.92 Å². The summed E-state index contributed by atoms with van der Waals surface area (Å²) in [4.78, 5) is 18.6. The topological polar surface area (TPSA) is 54.5 Å². The molecule has 1 saturated heterocycles. The molecule has 1 atom stereocenters. The van der Waals surface area contributed by atoms with Gasteiger partial charge >= 0.3 is 6.03 Å². The van der Waals surface area contributed by atoms with Crippen LogP contribution in [0.15, 0.2) is 78.5 Å². The van der Waals surface area contributed by atoms with Gasteiger partial charge in [0.1, 0.15) is 5.75 Å². The molecule has 0 bridgehead atoms. The van der Waals surface area contributed by atoms with Gasteiger partial charge in [0.25, 0.3) is 0 Å². The molecule has 0 radical (unpaired) electrons. The number of carbonyl (C=O) groups excluding carboxylic acids is 1. The quantitative estimate of drug-likeness (QED) is 0.502. The Morgan fingerprint density at radius 2 is 1.88 bits per heavy atom. The first-order chi connectivity index (χ1) is 16.0. The van der Waals surface area contributed by atoms with Crippen molar-refractivity contribution in [2.75, 3.05) is 18.4 Å². The zero-order valence-electron chi connectivity index (χ0n) is 19.3. The van der Waals surface area contributed by atoms with E-state index < -0.39 is 0 Å².